The summed E-state index contributed by atoms with van der Waals surface area (Å²) >= 11 is 0. The molecule has 8 nitrogen and oxygen atoms in total. The molecular weight excluding hydrogens is 364 g/mol. The number of rotatable bonds is 7. The largest absolute Gasteiger partial charge is 0.454 e. The molecule has 2 amide bonds. The predicted molar refractivity (Wildman–Crippen MR) is 98.8 cm³/mol. The zero-order valence-electron chi connectivity index (χ0n) is 15.9. The molecule has 1 saturated heterocycles. The molecule has 0 saturated carbocycles. The van der Waals surface area contributed by atoms with Crippen molar-refractivity contribution in [3.63, 3.8) is 0 Å². The first-order valence-corrected chi connectivity index (χ1v) is 9.16. The highest BCUT2D eigenvalue weighted by Gasteiger charge is 2.34. The highest BCUT2D eigenvalue weighted by atomic mass is 16.5. The number of amides is 2. The molecule has 2 atom stereocenters. The van der Waals surface area contributed by atoms with E-state index in [-0.39, 0.29) is 18.9 Å². The number of carbonyl (C=O) groups excluding carboxylic acids is 5. The van der Waals surface area contributed by atoms with Gasteiger partial charge < -0.3 is 15.4 Å². The van der Waals surface area contributed by atoms with Crippen molar-refractivity contribution in [3.05, 3.63) is 35.9 Å². The van der Waals surface area contributed by atoms with Crippen LogP contribution < -0.4 is 10.6 Å². The van der Waals surface area contributed by atoms with E-state index < -0.39 is 41.3 Å². The molecule has 1 heterocycles. The molecule has 0 bridgehead atoms. The summed E-state index contributed by atoms with van der Waals surface area (Å²) in [5, 5.41) is 4.82. The minimum atomic E-state index is -1.09. The average Bonchev–Trinajstić information content (AvgIpc) is 2.68. The van der Waals surface area contributed by atoms with Crippen LogP contribution in [0.5, 0.6) is 0 Å². The van der Waals surface area contributed by atoms with Crippen molar-refractivity contribution >= 4 is 29.4 Å². The summed E-state index contributed by atoms with van der Waals surface area (Å²) in [7, 11) is 0. The maximum Gasteiger partial charge on any atom is 0.397 e. The van der Waals surface area contributed by atoms with Gasteiger partial charge >= 0.3 is 11.9 Å². The number of ketones is 2. The highest BCUT2D eigenvalue weighted by Crippen LogP contribution is 2.17. The van der Waals surface area contributed by atoms with Gasteiger partial charge in [0.1, 0.15) is 6.61 Å². The van der Waals surface area contributed by atoms with Gasteiger partial charge in [0.25, 0.3) is 5.91 Å². The number of ether oxygens (including phenoxy) is 1. The number of piperidine rings is 1. The summed E-state index contributed by atoms with van der Waals surface area (Å²) in [4.78, 5) is 60.0. The van der Waals surface area contributed by atoms with Crippen molar-refractivity contribution in [2.45, 2.75) is 39.3 Å². The quantitative estimate of drug-likeness (QED) is 0.520. The maximum atomic E-state index is 12.6. The van der Waals surface area contributed by atoms with Gasteiger partial charge in [-0.15, -0.1) is 0 Å². The molecule has 0 spiro atoms. The summed E-state index contributed by atoms with van der Waals surface area (Å²) < 4.78 is 4.96. The van der Waals surface area contributed by atoms with Gasteiger partial charge in [-0.3, -0.25) is 19.2 Å². The lowest BCUT2D eigenvalue weighted by atomic mass is 9.86. The zero-order valence-corrected chi connectivity index (χ0v) is 15.9. The van der Waals surface area contributed by atoms with Crippen LogP contribution in [0.4, 0.5) is 0 Å². The lowest BCUT2D eigenvalue weighted by molar-refractivity contribution is -0.156. The Balaban J connectivity index is 1.92. The van der Waals surface area contributed by atoms with Crippen LogP contribution >= 0.6 is 0 Å². The van der Waals surface area contributed by atoms with Crippen LogP contribution in [0, 0.1) is 11.8 Å². The van der Waals surface area contributed by atoms with Gasteiger partial charge in [0.05, 0.1) is 6.04 Å². The van der Waals surface area contributed by atoms with Crippen LogP contribution in [0.3, 0.4) is 0 Å². The Morgan fingerprint density at radius 1 is 1.18 bits per heavy atom. The molecule has 8 heteroatoms. The van der Waals surface area contributed by atoms with Gasteiger partial charge in [0, 0.05) is 18.9 Å². The van der Waals surface area contributed by atoms with E-state index in [1.54, 1.807) is 38.1 Å². The molecule has 28 heavy (non-hydrogen) atoms. The summed E-state index contributed by atoms with van der Waals surface area (Å²) in [6.45, 7) is 3.70. The Hall–Kier alpha value is -3.03. The molecule has 2 N–H and O–H groups in total. The van der Waals surface area contributed by atoms with Crippen molar-refractivity contribution in [1.82, 2.24) is 10.6 Å². The van der Waals surface area contributed by atoms with Crippen LogP contribution in [0.25, 0.3) is 0 Å². The van der Waals surface area contributed by atoms with Crippen LogP contribution in [0.2, 0.25) is 0 Å². The number of benzene rings is 1. The summed E-state index contributed by atoms with van der Waals surface area (Å²) in [6, 6.07) is 7.94. The van der Waals surface area contributed by atoms with Crippen LogP contribution in [0.1, 0.15) is 32.3 Å². The van der Waals surface area contributed by atoms with E-state index in [0.29, 0.717) is 13.0 Å². The summed E-state index contributed by atoms with van der Waals surface area (Å²) in [5.41, 5.74) is 0.731. The normalized spacial score (nSPS) is 17.6. The van der Waals surface area contributed by atoms with E-state index in [0.717, 1.165) is 5.56 Å². The summed E-state index contributed by atoms with van der Waals surface area (Å²) in [5.74, 6) is -4.83. The molecule has 1 aliphatic heterocycles. The van der Waals surface area contributed by atoms with E-state index in [4.69, 9.17) is 4.74 Å². The Labute approximate surface area is 163 Å². The first-order chi connectivity index (χ1) is 13.3. The molecule has 0 aliphatic carbocycles. The third kappa shape index (κ3) is 5.73. The van der Waals surface area contributed by atoms with Gasteiger partial charge in [-0.25, -0.2) is 4.79 Å². The molecule has 0 radical (unpaired) electrons. The second-order valence-electron chi connectivity index (χ2n) is 7.03. The van der Waals surface area contributed by atoms with E-state index in [2.05, 4.69) is 10.6 Å². The zero-order chi connectivity index (χ0) is 20.7. The van der Waals surface area contributed by atoms with Crippen molar-refractivity contribution in [2.75, 3.05) is 6.54 Å². The first kappa shape index (κ1) is 21.3. The molecule has 1 fully saturated rings. The van der Waals surface area contributed by atoms with Crippen molar-refractivity contribution in [1.29, 1.82) is 0 Å². The first-order valence-electron chi connectivity index (χ1n) is 9.16. The lowest BCUT2D eigenvalue weighted by Crippen LogP contribution is -2.49. The monoisotopic (exact) mass is 388 g/mol. The molecule has 1 aromatic rings. The Bertz CT molecular complexity index is 759. The number of nitrogens with one attached hydrogen (secondary N) is 2. The molecule has 2 unspecified atom stereocenters. The van der Waals surface area contributed by atoms with Gasteiger partial charge in [0.15, 0.2) is 5.78 Å². The second kappa shape index (κ2) is 9.77. The second-order valence-corrected chi connectivity index (χ2v) is 7.03. The number of hydrogen-bond donors (Lipinski definition) is 2. The molecule has 0 aromatic heterocycles. The van der Waals surface area contributed by atoms with Gasteiger partial charge in [0.2, 0.25) is 5.78 Å². The molecule has 2 rings (SSSR count). The minimum Gasteiger partial charge on any atom is -0.454 e. The van der Waals surface area contributed by atoms with Gasteiger partial charge in [-0.1, -0.05) is 44.2 Å². The van der Waals surface area contributed by atoms with Crippen molar-refractivity contribution in [3.8, 4) is 0 Å². The number of carbonyl (C=O) groups is 5. The predicted octanol–water partition coefficient (Wildman–Crippen LogP) is 0.535. The van der Waals surface area contributed by atoms with E-state index in [1.165, 1.54) is 0 Å². The highest BCUT2D eigenvalue weighted by molar-refractivity contribution is 6.37. The third-order valence-electron chi connectivity index (χ3n) is 4.52. The summed E-state index contributed by atoms with van der Waals surface area (Å²) in [6.07, 6.45) is 0.211. The fraction of sp³-hybridized carbons (Fsp3) is 0.450. The standard InChI is InChI=1S/C20H24N2O6/c1-12(2)16(15(23)10-14-8-9-21-18(25)17(14)24)22-19(26)20(27)28-11-13-6-4-3-5-7-13/h3-7,12,14,16H,8-11H2,1-2H3,(H,21,25)(H,22,26). The fourth-order valence-electron chi connectivity index (χ4n) is 2.94. The fourth-order valence-corrected chi connectivity index (χ4v) is 2.94. The molecule has 1 aliphatic rings. The van der Waals surface area contributed by atoms with Crippen molar-refractivity contribution < 1.29 is 28.7 Å². The smallest absolute Gasteiger partial charge is 0.397 e. The van der Waals surface area contributed by atoms with Gasteiger partial charge in [-0.05, 0) is 17.9 Å². The van der Waals surface area contributed by atoms with Crippen LogP contribution in [0.15, 0.2) is 30.3 Å². The third-order valence-corrected chi connectivity index (χ3v) is 4.52. The van der Waals surface area contributed by atoms with E-state index >= 15 is 0 Å². The van der Waals surface area contributed by atoms with Crippen molar-refractivity contribution in [2.24, 2.45) is 11.8 Å². The number of Topliss-reactive ketones (excluding diaryl/α,β-unsaturated/α-hetero) is 2. The average molecular weight is 388 g/mol. The topological polar surface area (TPSA) is 119 Å². The number of hydrogen-bond acceptors (Lipinski definition) is 6. The lowest BCUT2D eigenvalue weighted by Gasteiger charge is -2.24. The van der Waals surface area contributed by atoms with Crippen LogP contribution in [-0.4, -0.2) is 41.9 Å². The number of esters is 1. The van der Waals surface area contributed by atoms with E-state index in [1.807, 2.05) is 6.07 Å². The minimum absolute atomic E-state index is 0.0565. The van der Waals surface area contributed by atoms with Crippen LogP contribution in [-0.2, 0) is 35.3 Å². The Kier molecular flexibility index (Phi) is 7.43. The van der Waals surface area contributed by atoms with E-state index in [9.17, 15) is 24.0 Å². The molecular formula is C20H24N2O6. The SMILES string of the molecule is CC(C)C(NC(=O)C(=O)OCc1ccccc1)C(=O)CC1CCNC(=O)C1=O. The molecule has 1 aromatic carbocycles. The Morgan fingerprint density at radius 3 is 2.50 bits per heavy atom. The van der Waals surface area contributed by atoms with Gasteiger partial charge in [-0.2, -0.15) is 0 Å². The maximum absolute atomic E-state index is 12.6. The Morgan fingerprint density at radius 2 is 1.86 bits per heavy atom. The molecule has 150 valence electrons.